The molecule has 66 valence electrons. The molecule has 0 saturated carbocycles. The number of carbonyl (C=O) groups is 1. The van der Waals surface area contributed by atoms with E-state index in [1.165, 1.54) is 0 Å². The predicted molar refractivity (Wildman–Crippen MR) is 47.5 cm³/mol. The number of halogens is 1. The van der Waals surface area contributed by atoms with Crippen molar-refractivity contribution in [3.05, 3.63) is 20.7 Å². The van der Waals surface area contributed by atoms with E-state index in [0.29, 0.717) is 12.2 Å². The third-order valence-electron chi connectivity index (χ3n) is 1.17. The molecule has 1 aromatic rings. The lowest BCUT2D eigenvalue weighted by atomic mass is 10.5. The molecule has 0 spiro atoms. The summed E-state index contributed by atoms with van der Waals surface area (Å²) in [5, 5.41) is 4.19. The minimum absolute atomic E-state index is 0.0611. The molecule has 0 aliphatic rings. The van der Waals surface area contributed by atoms with Crippen molar-refractivity contribution in [3.8, 4) is 0 Å². The van der Waals surface area contributed by atoms with Gasteiger partial charge in [0.2, 0.25) is 5.91 Å². The molecule has 4 nitrogen and oxygen atoms in total. The van der Waals surface area contributed by atoms with E-state index >= 15 is 0 Å². The van der Waals surface area contributed by atoms with Crippen LogP contribution in [-0.4, -0.2) is 16.8 Å². The van der Waals surface area contributed by atoms with Crippen molar-refractivity contribution in [1.82, 2.24) is 10.3 Å². The van der Waals surface area contributed by atoms with Gasteiger partial charge in [0.15, 0.2) is 0 Å². The second kappa shape index (κ2) is 4.27. The van der Waals surface area contributed by atoms with E-state index in [0.717, 1.165) is 11.3 Å². The maximum absolute atomic E-state index is 10.7. The zero-order valence-corrected chi connectivity index (χ0v) is 7.67. The standard InChI is InChI=1S/C6H7ClN2O2S/c7-1-5(10)8-2-4-3-12-6(11)9-4/h3H,1-2H2,(H,8,10)(H,9,11). The molecule has 0 saturated heterocycles. The van der Waals surface area contributed by atoms with E-state index in [9.17, 15) is 9.59 Å². The number of alkyl halides is 1. The van der Waals surface area contributed by atoms with E-state index in [4.69, 9.17) is 11.6 Å². The Kier molecular flexibility index (Phi) is 3.31. The maximum atomic E-state index is 10.7. The fourth-order valence-corrected chi connectivity index (χ4v) is 1.32. The third-order valence-corrected chi connectivity index (χ3v) is 2.13. The van der Waals surface area contributed by atoms with Crippen LogP contribution >= 0.6 is 22.9 Å². The van der Waals surface area contributed by atoms with E-state index in [-0.39, 0.29) is 16.7 Å². The second-order valence-electron chi connectivity index (χ2n) is 2.08. The van der Waals surface area contributed by atoms with Crippen molar-refractivity contribution in [2.75, 3.05) is 5.88 Å². The summed E-state index contributed by atoms with van der Waals surface area (Å²) in [6.45, 7) is 0.324. The number of carbonyl (C=O) groups excluding carboxylic acids is 1. The molecule has 1 amide bonds. The molecule has 0 unspecified atom stereocenters. The highest BCUT2D eigenvalue weighted by molar-refractivity contribution is 7.07. The van der Waals surface area contributed by atoms with Crippen LogP contribution in [0.2, 0.25) is 0 Å². The van der Waals surface area contributed by atoms with E-state index in [1.54, 1.807) is 5.38 Å². The summed E-state index contributed by atoms with van der Waals surface area (Å²) in [5.41, 5.74) is 0.698. The molecular formula is C6H7ClN2O2S. The van der Waals surface area contributed by atoms with Gasteiger partial charge in [0, 0.05) is 11.1 Å². The van der Waals surface area contributed by atoms with Crippen LogP contribution in [-0.2, 0) is 11.3 Å². The number of amides is 1. The summed E-state index contributed by atoms with van der Waals surface area (Å²) in [6.07, 6.45) is 0. The summed E-state index contributed by atoms with van der Waals surface area (Å²) in [6, 6.07) is 0. The molecule has 0 aliphatic heterocycles. The number of aromatic nitrogens is 1. The monoisotopic (exact) mass is 206 g/mol. The van der Waals surface area contributed by atoms with Crippen molar-refractivity contribution >= 4 is 28.8 Å². The van der Waals surface area contributed by atoms with Gasteiger partial charge < -0.3 is 10.3 Å². The maximum Gasteiger partial charge on any atom is 0.304 e. The van der Waals surface area contributed by atoms with Crippen LogP contribution in [0.25, 0.3) is 0 Å². The largest absolute Gasteiger partial charge is 0.349 e. The molecule has 2 N–H and O–H groups in total. The van der Waals surface area contributed by atoms with Gasteiger partial charge in [0.25, 0.3) is 0 Å². The summed E-state index contributed by atoms with van der Waals surface area (Å²) >= 11 is 6.31. The van der Waals surface area contributed by atoms with Gasteiger partial charge in [0.05, 0.1) is 6.54 Å². The first-order chi connectivity index (χ1) is 5.72. The Morgan fingerprint density at radius 1 is 1.75 bits per heavy atom. The van der Waals surface area contributed by atoms with Crippen molar-refractivity contribution in [2.45, 2.75) is 6.54 Å². The van der Waals surface area contributed by atoms with Gasteiger partial charge >= 0.3 is 4.87 Å². The van der Waals surface area contributed by atoms with Crippen LogP contribution in [0.5, 0.6) is 0 Å². The molecule has 1 rings (SSSR count). The fraction of sp³-hybridized carbons (Fsp3) is 0.333. The normalized spacial score (nSPS) is 9.75. The molecule has 0 aliphatic carbocycles. The third kappa shape index (κ3) is 2.67. The molecule has 0 atom stereocenters. The summed E-state index contributed by atoms with van der Waals surface area (Å²) in [4.78, 5) is 23.7. The van der Waals surface area contributed by atoms with Crippen molar-refractivity contribution in [1.29, 1.82) is 0 Å². The zero-order valence-electron chi connectivity index (χ0n) is 6.09. The Hall–Kier alpha value is -0.810. The fourth-order valence-electron chi connectivity index (χ4n) is 0.642. The lowest BCUT2D eigenvalue weighted by molar-refractivity contribution is -0.118. The van der Waals surface area contributed by atoms with Gasteiger partial charge in [-0.25, -0.2) is 0 Å². The highest BCUT2D eigenvalue weighted by atomic mass is 35.5. The Morgan fingerprint density at radius 3 is 3.00 bits per heavy atom. The quantitative estimate of drug-likeness (QED) is 0.699. The minimum Gasteiger partial charge on any atom is -0.349 e. The highest BCUT2D eigenvalue weighted by Gasteiger charge is 1.99. The molecule has 0 aromatic carbocycles. The Morgan fingerprint density at radius 2 is 2.50 bits per heavy atom. The van der Waals surface area contributed by atoms with Gasteiger partial charge in [-0.2, -0.15) is 0 Å². The molecule has 6 heteroatoms. The molecular weight excluding hydrogens is 200 g/mol. The predicted octanol–water partition coefficient (Wildman–Crippen LogP) is 0.291. The van der Waals surface area contributed by atoms with Crippen LogP contribution < -0.4 is 10.2 Å². The average Bonchev–Trinajstić information content (AvgIpc) is 2.47. The summed E-state index contributed by atoms with van der Waals surface area (Å²) in [7, 11) is 0. The summed E-state index contributed by atoms with van der Waals surface area (Å²) in [5.74, 6) is -0.308. The Balaban J connectivity index is 2.43. The number of hydrogen-bond donors (Lipinski definition) is 2. The summed E-state index contributed by atoms with van der Waals surface area (Å²) < 4.78 is 0. The SMILES string of the molecule is O=C(CCl)NCc1csc(=O)[nH]1. The molecule has 0 bridgehead atoms. The van der Waals surface area contributed by atoms with Gasteiger partial charge in [0.1, 0.15) is 5.88 Å². The van der Waals surface area contributed by atoms with Gasteiger partial charge in [-0.3, -0.25) is 9.59 Å². The van der Waals surface area contributed by atoms with E-state index < -0.39 is 0 Å². The zero-order chi connectivity index (χ0) is 8.97. The van der Waals surface area contributed by atoms with Gasteiger partial charge in [-0.15, -0.1) is 11.6 Å². The first kappa shape index (κ1) is 9.28. The van der Waals surface area contributed by atoms with Crippen LogP contribution in [0.1, 0.15) is 5.69 Å². The molecule has 1 heterocycles. The number of nitrogens with one attached hydrogen (secondary N) is 2. The Labute approximate surface area is 77.6 Å². The van der Waals surface area contributed by atoms with Crippen LogP contribution in [0.3, 0.4) is 0 Å². The number of hydrogen-bond acceptors (Lipinski definition) is 3. The van der Waals surface area contributed by atoms with Crippen molar-refractivity contribution in [3.63, 3.8) is 0 Å². The van der Waals surface area contributed by atoms with Crippen LogP contribution in [0.15, 0.2) is 10.2 Å². The van der Waals surface area contributed by atoms with E-state index in [2.05, 4.69) is 10.3 Å². The van der Waals surface area contributed by atoms with Crippen LogP contribution in [0, 0.1) is 0 Å². The highest BCUT2D eigenvalue weighted by Crippen LogP contribution is 1.94. The molecule has 0 fully saturated rings. The second-order valence-corrected chi connectivity index (χ2v) is 3.19. The Bertz CT molecular complexity index is 319. The van der Waals surface area contributed by atoms with E-state index in [1.807, 2.05) is 0 Å². The molecule has 0 radical (unpaired) electrons. The van der Waals surface area contributed by atoms with Crippen molar-refractivity contribution < 1.29 is 4.79 Å². The number of aromatic amines is 1. The first-order valence-corrected chi connectivity index (χ1v) is 4.63. The molecule has 12 heavy (non-hydrogen) atoms. The average molecular weight is 207 g/mol. The number of thiazole rings is 1. The number of rotatable bonds is 3. The van der Waals surface area contributed by atoms with Crippen molar-refractivity contribution in [2.24, 2.45) is 0 Å². The van der Waals surface area contributed by atoms with Gasteiger partial charge in [-0.05, 0) is 0 Å². The lowest BCUT2D eigenvalue weighted by Crippen LogP contribution is -2.24. The topological polar surface area (TPSA) is 62.0 Å². The minimum atomic E-state index is -0.247. The number of H-pyrrole nitrogens is 1. The smallest absolute Gasteiger partial charge is 0.304 e. The van der Waals surface area contributed by atoms with Crippen LogP contribution in [0.4, 0.5) is 0 Å². The molecule has 1 aromatic heterocycles. The lowest BCUT2D eigenvalue weighted by Gasteiger charge is -1.98. The first-order valence-electron chi connectivity index (χ1n) is 3.21. The van der Waals surface area contributed by atoms with Gasteiger partial charge in [-0.1, -0.05) is 11.3 Å².